The summed E-state index contributed by atoms with van der Waals surface area (Å²) in [6.07, 6.45) is 15.2. The van der Waals surface area contributed by atoms with Gasteiger partial charge in [-0.2, -0.15) is 0 Å². The van der Waals surface area contributed by atoms with Crippen LogP contribution in [-0.4, -0.2) is 0 Å². The van der Waals surface area contributed by atoms with Gasteiger partial charge in [0, 0.05) is 11.1 Å². The highest BCUT2D eigenvalue weighted by Crippen LogP contribution is 2.21. The van der Waals surface area contributed by atoms with Crippen LogP contribution in [0.5, 0.6) is 0 Å². The monoisotopic (exact) mass is 256 g/mol. The standard InChI is InChI=1S/C20H16/c1-3-17-13-20-12-10-16-7-5-15(6-8-16)9-11-19(17)14-18(20)4-2/h1-2,5-8,13-14H,9-12H2. The van der Waals surface area contributed by atoms with E-state index >= 15 is 0 Å². The van der Waals surface area contributed by atoms with E-state index in [9.17, 15) is 0 Å². The summed E-state index contributed by atoms with van der Waals surface area (Å²) >= 11 is 0. The summed E-state index contributed by atoms with van der Waals surface area (Å²) in [6.45, 7) is 0. The minimum Gasteiger partial charge on any atom is -0.115 e. The van der Waals surface area contributed by atoms with Crippen molar-refractivity contribution in [1.29, 1.82) is 0 Å². The third kappa shape index (κ3) is 2.34. The van der Waals surface area contributed by atoms with Gasteiger partial charge in [0.25, 0.3) is 0 Å². The van der Waals surface area contributed by atoms with E-state index in [1.165, 1.54) is 22.3 Å². The molecule has 0 saturated heterocycles. The molecule has 0 atom stereocenters. The molecular weight excluding hydrogens is 240 g/mol. The lowest BCUT2D eigenvalue weighted by molar-refractivity contribution is 0.916. The zero-order chi connectivity index (χ0) is 13.9. The van der Waals surface area contributed by atoms with Gasteiger partial charge in [0.2, 0.25) is 0 Å². The van der Waals surface area contributed by atoms with Crippen LogP contribution in [-0.2, 0) is 25.7 Å². The molecule has 96 valence electrons. The van der Waals surface area contributed by atoms with Crippen molar-refractivity contribution in [3.63, 3.8) is 0 Å². The first-order valence-corrected chi connectivity index (χ1v) is 6.97. The Balaban J connectivity index is 2.12. The number of hydrogen-bond donors (Lipinski definition) is 0. The molecule has 0 unspecified atom stereocenters. The van der Waals surface area contributed by atoms with Gasteiger partial charge in [-0.05, 0) is 60.1 Å². The molecule has 4 aliphatic rings. The molecule has 0 radical (unpaired) electrons. The highest BCUT2D eigenvalue weighted by molar-refractivity contribution is 5.52. The molecule has 0 heterocycles. The molecule has 0 N–H and O–H groups in total. The molecule has 2 aromatic carbocycles. The lowest BCUT2D eigenvalue weighted by Gasteiger charge is -2.13. The fourth-order valence-corrected chi connectivity index (χ4v) is 2.80. The normalized spacial score (nSPS) is 13.1. The average Bonchev–Trinajstić information content (AvgIpc) is 2.49. The molecule has 0 saturated carbocycles. The Morgan fingerprint density at radius 2 is 1.05 bits per heavy atom. The summed E-state index contributed by atoms with van der Waals surface area (Å²) in [5, 5.41) is 0. The summed E-state index contributed by atoms with van der Waals surface area (Å²) < 4.78 is 0. The highest BCUT2D eigenvalue weighted by atomic mass is 14.1. The molecule has 0 fully saturated rings. The fourth-order valence-electron chi connectivity index (χ4n) is 2.80. The van der Waals surface area contributed by atoms with Crippen LogP contribution in [0, 0.1) is 24.7 Å². The molecule has 0 amide bonds. The Labute approximate surface area is 120 Å². The van der Waals surface area contributed by atoms with Crippen LogP contribution in [0.15, 0.2) is 36.4 Å². The van der Waals surface area contributed by atoms with Crippen LogP contribution < -0.4 is 0 Å². The van der Waals surface area contributed by atoms with Crippen LogP contribution in [0.4, 0.5) is 0 Å². The second kappa shape index (κ2) is 5.28. The number of rotatable bonds is 0. The van der Waals surface area contributed by atoms with E-state index < -0.39 is 0 Å². The van der Waals surface area contributed by atoms with Crippen molar-refractivity contribution in [3.05, 3.63) is 69.8 Å². The van der Waals surface area contributed by atoms with Gasteiger partial charge in [-0.3, -0.25) is 0 Å². The minimum absolute atomic E-state index is 0.938. The Kier molecular flexibility index (Phi) is 3.32. The molecule has 0 spiro atoms. The summed E-state index contributed by atoms with van der Waals surface area (Å²) in [7, 11) is 0. The number of hydrogen-bond acceptors (Lipinski definition) is 0. The molecule has 0 aromatic heterocycles. The first-order valence-electron chi connectivity index (χ1n) is 6.97. The van der Waals surface area contributed by atoms with Gasteiger partial charge < -0.3 is 0 Å². The first kappa shape index (κ1) is 12.6. The SMILES string of the molecule is C#Cc1cc2c(C#C)cc1CCc1ccc(cc1)CC2. The van der Waals surface area contributed by atoms with Gasteiger partial charge in [0.15, 0.2) is 0 Å². The lowest BCUT2D eigenvalue weighted by atomic mass is 9.90. The van der Waals surface area contributed by atoms with Crippen molar-refractivity contribution in [2.45, 2.75) is 25.7 Å². The topological polar surface area (TPSA) is 0 Å². The molecule has 20 heavy (non-hydrogen) atoms. The zero-order valence-corrected chi connectivity index (χ0v) is 11.4. The van der Waals surface area contributed by atoms with Gasteiger partial charge in [0.1, 0.15) is 0 Å². The van der Waals surface area contributed by atoms with E-state index in [-0.39, 0.29) is 0 Å². The van der Waals surface area contributed by atoms with E-state index in [2.05, 4.69) is 48.2 Å². The number of aryl methyl sites for hydroxylation is 4. The van der Waals surface area contributed by atoms with Gasteiger partial charge in [-0.25, -0.2) is 0 Å². The van der Waals surface area contributed by atoms with E-state index in [1.54, 1.807) is 0 Å². The van der Waals surface area contributed by atoms with E-state index in [1.807, 2.05) is 0 Å². The third-order valence-corrected chi connectivity index (χ3v) is 4.03. The van der Waals surface area contributed by atoms with E-state index in [0.717, 1.165) is 36.8 Å². The molecule has 2 aromatic rings. The van der Waals surface area contributed by atoms with Crippen molar-refractivity contribution in [1.82, 2.24) is 0 Å². The number of benzene rings is 2. The van der Waals surface area contributed by atoms with Crippen molar-refractivity contribution >= 4 is 0 Å². The maximum Gasteiger partial charge on any atom is 0.0278 e. The predicted molar refractivity (Wildman–Crippen MR) is 83.6 cm³/mol. The first-order chi connectivity index (χ1) is 9.80. The van der Waals surface area contributed by atoms with Crippen molar-refractivity contribution in [2.24, 2.45) is 0 Å². The maximum absolute atomic E-state index is 5.66. The Hall–Kier alpha value is -2.44. The highest BCUT2D eigenvalue weighted by Gasteiger charge is 2.10. The number of terminal acetylenes is 2. The summed E-state index contributed by atoms with van der Waals surface area (Å²) in [4.78, 5) is 0. The third-order valence-electron chi connectivity index (χ3n) is 4.03. The smallest absolute Gasteiger partial charge is 0.0278 e. The molecular formula is C20H16. The van der Waals surface area contributed by atoms with Crippen LogP contribution >= 0.6 is 0 Å². The summed E-state index contributed by atoms with van der Waals surface area (Å²) in [5.74, 6) is 5.63. The average molecular weight is 256 g/mol. The predicted octanol–water partition coefficient (Wildman–Crippen LogP) is 3.53. The minimum atomic E-state index is 0.938. The van der Waals surface area contributed by atoms with Crippen LogP contribution in [0.2, 0.25) is 0 Å². The Morgan fingerprint density at radius 1 is 0.650 bits per heavy atom. The Morgan fingerprint density at radius 3 is 1.40 bits per heavy atom. The zero-order valence-electron chi connectivity index (χ0n) is 11.4. The van der Waals surface area contributed by atoms with Gasteiger partial charge in [-0.15, -0.1) is 12.8 Å². The summed E-state index contributed by atoms with van der Waals surface area (Å²) in [6, 6.07) is 13.1. The van der Waals surface area contributed by atoms with Crippen molar-refractivity contribution in [2.75, 3.05) is 0 Å². The molecule has 0 nitrogen and oxygen atoms in total. The Bertz CT molecular complexity index is 654. The van der Waals surface area contributed by atoms with Gasteiger partial charge >= 0.3 is 0 Å². The largest absolute Gasteiger partial charge is 0.115 e. The quantitative estimate of drug-likeness (QED) is 0.633. The van der Waals surface area contributed by atoms with Crippen LogP contribution in [0.25, 0.3) is 0 Å². The second-order valence-electron chi connectivity index (χ2n) is 5.27. The molecule has 4 aliphatic carbocycles. The van der Waals surface area contributed by atoms with Crippen LogP contribution in [0.3, 0.4) is 0 Å². The van der Waals surface area contributed by atoms with Gasteiger partial charge in [-0.1, -0.05) is 36.1 Å². The van der Waals surface area contributed by atoms with Gasteiger partial charge in [0.05, 0.1) is 0 Å². The van der Waals surface area contributed by atoms with Crippen LogP contribution in [0.1, 0.15) is 33.4 Å². The summed E-state index contributed by atoms with van der Waals surface area (Å²) in [5.41, 5.74) is 7.07. The van der Waals surface area contributed by atoms with Crippen molar-refractivity contribution in [3.8, 4) is 24.7 Å². The van der Waals surface area contributed by atoms with Crippen molar-refractivity contribution < 1.29 is 0 Å². The fraction of sp³-hybridized carbons (Fsp3) is 0.200. The maximum atomic E-state index is 5.66. The van der Waals surface area contributed by atoms with E-state index in [0.29, 0.717) is 0 Å². The molecule has 6 rings (SSSR count). The molecule has 0 aliphatic heterocycles. The molecule has 0 heteroatoms. The lowest BCUT2D eigenvalue weighted by Crippen LogP contribution is -2.03. The van der Waals surface area contributed by atoms with E-state index in [4.69, 9.17) is 12.8 Å². The second-order valence-corrected chi connectivity index (χ2v) is 5.27. The molecule has 4 bridgehead atoms.